The van der Waals surface area contributed by atoms with E-state index < -0.39 is 17.9 Å². The third kappa shape index (κ3) is 4.29. The first-order valence-corrected chi connectivity index (χ1v) is 8.72. The maximum absolute atomic E-state index is 12.6. The van der Waals surface area contributed by atoms with Crippen molar-refractivity contribution in [2.45, 2.75) is 19.5 Å². The number of nitrogens with one attached hydrogen (secondary N) is 2. The molecule has 1 aromatic heterocycles. The van der Waals surface area contributed by atoms with Crippen LogP contribution in [0.15, 0.2) is 54.6 Å². The van der Waals surface area contributed by atoms with E-state index in [4.69, 9.17) is 18.0 Å². The standard InChI is InChI=1S/C19H19N5O2S/c1-12-6-5-9-14(10-12)18-22-23-19(27)24(18)11-15(25)21-16(17(20)26)13-7-3-2-4-8-13/h2-10,16H,11H2,1H3,(H2,20,26)(H,21,25)(H,23,27)/t16-/m1/s1. The molecular formula is C19H19N5O2S. The predicted molar refractivity (Wildman–Crippen MR) is 104 cm³/mol. The minimum absolute atomic E-state index is 0.0881. The smallest absolute Gasteiger partial charge is 0.244 e. The molecule has 27 heavy (non-hydrogen) atoms. The van der Waals surface area contributed by atoms with Crippen molar-refractivity contribution in [2.24, 2.45) is 5.73 Å². The zero-order chi connectivity index (χ0) is 19.4. The number of aromatic nitrogens is 3. The van der Waals surface area contributed by atoms with Gasteiger partial charge in [0.2, 0.25) is 11.8 Å². The van der Waals surface area contributed by atoms with Crippen LogP contribution in [-0.2, 0) is 16.1 Å². The molecule has 3 aromatic rings. The molecule has 0 bridgehead atoms. The lowest BCUT2D eigenvalue weighted by Gasteiger charge is -2.16. The van der Waals surface area contributed by atoms with Gasteiger partial charge in [-0.25, -0.2) is 0 Å². The lowest BCUT2D eigenvalue weighted by atomic mass is 10.1. The monoisotopic (exact) mass is 381 g/mol. The summed E-state index contributed by atoms with van der Waals surface area (Å²) in [6.07, 6.45) is 0. The van der Waals surface area contributed by atoms with E-state index in [1.807, 2.05) is 37.3 Å². The number of hydrogen-bond acceptors (Lipinski definition) is 4. The van der Waals surface area contributed by atoms with Gasteiger partial charge in [0.1, 0.15) is 12.6 Å². The van der Waals surface area contributed by atoms with Gasteiger partial charge < -0.3 is 11.1 Å². The van der Waals surface area contributed by atoms with E-state index >= 15 is 0 Å². The number of nitrogens with zero attached hydrogens (tertiary/aromatic N) is 2. The van der Waals surface area contributed by atoms with Gasteiger partial charge in [0.05, 0.1) is 0 Å². The van der Waals surface area contributed by atoms with E-state index in [0.29, 0.717) is 16.2 Å². The normalized spacial score (nSPS) is 11.7. The topological polar surface area (TPSA) is 106 Å². The molecule has 138 valence electrons. The fourth-order valence-electron chi connectivity index (χ4n) is 2.78. The number of amides is 2. The van der Waals surface area contributed by atoms with E-state index in [-0.39, 0.29) is 6.54 Å². The summed E-state index contributed by atoms with van der Waals surface area (Å²) < 4.78 is 1.90. The van der Waals surface area contributed by atoms with Crippen LogP contribution in [0.5, 0.6) is 0 Å². The van der Waals surface area contributed by atoms with E-state index in [9.17, 15) is 9.59 Å². The molecule has 0 fully saturated rings. The lowest BCUT2D eigenvalue weighted by molar-refractivity contribution is -0.127. The zero-order valence-corrected chi connectivity index (χ0v) is 15.5. The minimum atomic E-state index is -0.915. The Hall–Kier alpha value is -3.26. The van der Waals surface area contributed by atoms with Gasteiger partial charge in [-0.1, -0.05) is 54.1 Å². The van der Waals surface area contributed by atoms with E-state index in [1.54, 1.807) is 28.8 Å². The Bertz CT molecular complexity index is 1030. The SMILES string of the molecule is Cc1cccc(-c2n[nH]c(=S)n2CC(=O)N[C@@H](C(N)=O)c2ccccc2)c1. The first-order valence-electron chi connectivity index (χ1n) is 8.31. The molecule has 0 aliphatic heterocycles. The van der Waals surface area contributed by atoms with Gasteiger partial charge in [0, 0.05) is 5.56 Å². The molecule has 1 atom stereocenters. The minimum Gasteiger partial charge on any atom is -0.368 e. The average molecular weight is 381 g/mol. The molecule has 0 saturated carbocycles. The summed E-state index contributed by atoms with van der Waals surface area (Å²) in [5.74, 6) is -0.479. The molecular weight excluding hydrogens is 362 g/mol. The molecule has 8 heteroatoms. The highest BCUT2D eigenvalue weighted by molar-refractivity contribution is 7.71. The number of carbonyl (C=O) groups is 2. The summed E-state index contributed by atoms with van der Waals surface area (Å²) in [7, 11) is 0. The lowest BCUT2D eigenvalue weighted by Crippen LogP contribution is -2.39. The molecule has 4 N–H and O–H groups in total. The van der Waals surface area contributed by atoms with Crippen LogP contribution in [0.2, 0.25) is 0 Å². The number of primary amides is 1. The third-order valence-electron chi connectivity index (χ3n) is 4.06. The van der Waals surface area contributed by atoms with Crippen LogP contribution in [-0.4, -0.2) is 26.6 Å². The molecule has 7 nitrogen and oxygen atoms in total. The van der Waals surface area contributed by atoms with Gasteiger partial charge in [-0.3, -0.25) is 19.3 Å². The maximum Gasteiger partial charge on any atom is 0.244 e. The summed E-state index contributed by atoms with van der Waals surface area (Å²) in [5.41, 5.74) is 7.98. The Morgan fingerprint density at radius 3 is 2.63 bits per heavy atom. The highest BCUT2D eigenvalue weighted by atomic mass is 32.1. The van der Waals surface area contributed by atoms with E-state index in [1.165, 1.54) is 0 Å². The molecule has 1 heterocycles. The highest BCUT2D eigenvalue weighted by Crippen LogP contribution is 2.19. The van der Waals surface area contributed by atoms with Crippen molar-refractivity contribution in [1.29, 1.82) is 0 Å². The van der Waals surface area contributed by atoms with Crippen LogP contribution in [0.25, 0.3) is 11.4 Å². The number of benzene rings is 2. The van der Waals surface area contributed by atoms with Crippen molar-refractivity contribution in [1.82, 2.24) is 20.1 Å². The quantitative estimate of drug-likeness (QED) is 0.570. The van der Waals surface area contributed by atoms with Crippen LogP contribution in [0.1, 0.15) is 17.2 Å². The molecule has 0 aliphatic rings. The molecule has 0 spiro atoms. The summed E-state index contributed by atoms with van der Waals surface area (Å²) in [4.78, 5) is 24.4. The Labute approximate surface area is 161 Å². The molecule has 2 amide bonds. The van der Waals surface area contributed by atoms with Gasteiger partial charge >= 0.3 is 0 Å². The fourth-order valence-corrected chi connectivity index (χ4v) is 2.98. The summed E-state index contributed by atoms with van der Waals surface area (Å²) in [6.45, 7) is 1.88. The summed E-state index contributed by atoms with van der Waals surface area (Å²) in [5, 5.41) is 9.61. The number of aryl methyl sites for hydroxylation is 1. The molecule has 0 aliphatic carbocycles. The number of aromatic amines is 1. The predicted octanol–water partition coefficient (Wildman–Crippen LogP) is 2.26. The molecule has 2 aromatic carbocycles. The van der Waals surface area contributed by atoms with Gasteiger partial charge in [0.15, 0.2) is 10.6 Å². The van der Waals surface area contributed by atoms with Gasteiger partial charge in [-0.05, 0) is 30.8 Å². The largest absolute Gasteiger partial charge is 0.368 e. The van der Waals surface area contributed by atoms with Crippen molar-refractivity contribution < 1.29 is 9.59 Å². The average Bonchev–Trinajstić information content (AvgIpc) is 3.01. The van der Waals surface area contributed by atoms with Crippen LogP contribution in [0.3, 0.4) is 0 Å². The number of carbonyl (C=O) groups excluding carboxylic acids is 2. The molecule has 0 saturated heterocycles. The Balaban J connectivity index is 1.83. The van der Waals surface area contributed by atoms with Crippen LogP contribution < -0.4 is 11.1 Å². The summed E-state index contributed by atoms with van der Waals surface area (Å²) in [6, 6.07) is 15.7. The molecule has 0 radical (unpaired) electrons. The second-order valence-corrected chi connectivity index (χ2v) is 6.51. The van der Waals surface area contributed by atoms with Gasteiger partial charge in [-0.2, -0.15) is 5.10 Å². The number of nitrogens with two attached hydrogens (primary N) is 1. The summed E-state index contributed by atoms with van der Waals surface area (Å²) >= 11 is 5.26. The Kier molecular flexibility index (Phi) is 5.46. The number of H-pyrrole nitrogens is 1. The van der Waals surface area contributed by atoms with E-state index in [2.05, 4.69) is 15.5 Å². The van der Waals surface area contributed by atoms with Crippen molar-refractivity contribution >= 4 is 24.0 Å². The first kappa shape index (κ1) is 18.5. The second kappa shape index (κ2) is 7.96. The Morgan fingerprint density at radius 1 is 1.22 bits per heavy atom. The maximum atomic E-state index is 12.6. The zero-order valence-electron chi connectivity index (χ0n) is 14.7. The third-order valence-corrected chi connectivity index (χ3v) is 4.37. The first-order chi connectivity index (χ1) is 13.0. The van der Waals surface area contributed by atoms with E-state index in [0.717, 1.165) is 11.1 Å². The number of hydrogen-bond donors (Lipinski definition) is 3. The van der Waals surface area contributed by atoms with Crippen molar-refractivity contribution in [2.75, 3.05) is 0 Å². The van der Waals surface area contributed by atoms with Crippen LogP contribution in [0, 0.1) is 11.7 Å². The Morgan fingerprint density at radius 2 is 1.96 bits per heavy atom. The highest BCUT2D eigenvalue weighted by Gasteiger charge is 2.21. The van der Waals surface area contributed by atoms with Gasteiger partial charge in [0.25, 0.3) is 0 Å². The van der Waals surface area contributed by atoms with Crippen LogP contribution in [0.4, 0.5) is 0 Å². The van der Waals surface area contributed by atoms with Crippen LogP contribution >= 0.6 is 12.2 Å². The van der Waals surface area contributed by atoms with Crippen molar-refractivity contribution in [3.63, 3.8) is 0 Å². The van der Waals surface area contributed by atoms with Crippen molar-refractivity contribution in [3.05, 3.63) is 70.5 Å². The van der Waals surface area contributed by atoms with Crippen molar-refractivity contribution in [3.8, 4) is 11.4 Å². The number of rotatable bonds is 6. The van der Waals surface area contributed by atoms with Gasteiger partial charge in [-0.15, -0.1) is 0 Å². The molecule has 3 rings (SSSR count). The fraction of sp³-hybridized carbons (Fsp3) is 0.158. The second-order valence-electron chi connectivity index (χ2n) is 6.12. The molecule has 0 unspecified atom stereocenters.